The first-order valence-corrected chi connectivity index (χ1v) is 7.52. The Hall–Kier alpha value is -2.38. The fourth-order valence-corrected chi connectivity index (χ4v) is 2.17. The number of hydrogen-bond acceptors (Lipinski definition) is 6. The van der Waals surface area contributed by atoms with Crippen LogP contribution in [0.3, 0.4) is 0 Å². The number of likely N-dealkylation sites (tertiary alicyclic amines) is 1. The van der Waals surface area contributed by atoms with E-state index in [2.05, 4.69) is 9.72 Å². The average Bonchev–Trinajstić information content (AvgIpc) is 2.87. The van der Waals surface area contributed by atoms with Crippen molar-refractivity contribution in [2.24, 2.45) is 0 Å². The molecule has 0 aromatic carbocycles. The summed E-state index contributed by atoms with van der Waals surface area (Å²) in [6, 6.07) is 2.93. The number of carbonyl (C=O) groups excluding carboxylic acids is 2. The number of carbonyl (C=O) groups is 2. The Labute approximate surface area is 139 Å². The Balaban J connectivity index is 1.96. The van der Waals surface area contributed by atoms with Crippen molar-refractivity contribution < 1.29 is 28.2 Å². The maximum atomic E-state index is 14.1. The highest BCUT2D eigenvalue weighted by atomic mass is 19.1. The Morgan fingerprint density at radius 3 is 2.54 bits per heavy atom. The third kappa shape index (κ3) is 4.56. The van der Waals surface area contributed by atoms with E-state index in [0.717, 1.165) is 0 Å². The van der Waals surface area contributed by atoms with Gasteiger partial charge in [0.2, 0.25) is 0 Å². The SMILES string of the molecule is COC(=O)c1ccc(O[C@H]2CN(C(=O)OC(C)(C)C)C[C@H]2F)cn1. The molecule has 0 radical (unpaired) electrons. The third-order valence-electron chi connectivity index (χ3n) is 3.27. The molecular formula is C16H21FN2O5. The van der Waals surface area contributed by atoms with E-state index in [4.69, 9.17) is 9.47 Å². The highest BCUT2D eigenvalue weighted by Crippen LogP contribution is 2.22. The van der Waals surface area contributed by atoms with Gasteiger partial charge in [0.1, 0.15) is 23.1 Å². The van der Waals surface area contributed by atoms with Crippen LogP contribution in [-0.2, 0) is 9.47 Å². The van der Waals surface area contributed by atoms with Crippen molar-refractivity contribution >= 4 is 12.1 Å². The Kier molecular flexibility index (Phi) is 5.26. The van der Waals surface area contributed by atoms with E-state index in [-0.39, 0.29) is 18.8 Å². The van der Waals surface area contributed by atoms with Crippen LogP contribution in [0.2, 0.25) is 0 Å². The van der Waals surface area contributed by atoms with E-state index in [9.17, 15) is 14.0 Å². The quantitative estimate of drug-likeness (QED) is 0.785. The number of aromatic nitrogens is 1. The highest BCUT2D eigenvalue weighted by molar-refractivity contribution is 5.87. The van der Waals surface area contributed by atoms with Gasteiger partial charge in [0.05, 0.1) is 26.4 Å². The van der Waals surface area contributed by atoms with E-state index in [0.29, 0.717) is 5.75 Å². The lowest BCUT2D eigenvalue weighted by atomic mass is 10.2. The van der Waals surface area contributed by atoms with Crippen LogP contribution in [0.1, 0.15) is 31.3 Å². The molecule has 1 saturated heterocycles. The third-order valence-corrected chi connectivity index (χ3v) is 3.27. The molecule has 1 amide bonds. The number of hydrogen-bond donors (Lipinski definition) is 0. The lowest BCUT2D eigenvalue weighted by Gasteiger charge is -2.24. The summed E-state index contributed by atoms with van der Waals surface area (Å²) in [4.78, 5) is 28.5. The molecule has 0 unspecified atom stereocenters. The van der Waals surface area contributed by atoms with E-state index < -0.39 is 29.9 Å². The fourth-order valence-electron chi connectivity index (χ4n) is 2.17. The van der Waals surface area contributed by atoms with Crippen molar-refractivity contribution in [3.05, 3.63) is 24.0 Å². The Morgan fingerprint density at radius 2 is 2.00 bits per heavy atom. The Morgan fingerprint density at radius 1 is 1.29 bits per heavy atom. The summed E-state index contributed by atoms with van der Waals surface area (Å²) >= 11 is 0. The number of rotatable bonds is 3. The lowest BCUT2D eigenvalue weighted by Crippen LogP contribution is -2.36. The number of methoxy groups -OCH3 is 1. The number of amides is 1. The first-order chi connectivity index (χ1) is 11.2. The van der Waals surface area contributed by atoms with Crippen LogP contribution >= 0.6 is 0 Å². The summed E-state index contributed by atoms with van der Waals surface area (Å²) in [6.45, 7) is 5.23. The number of esters is 1. The molecule has 1 fully saturated rings. The maximum absolute atomic E-state index is 14.1. The van der Waals surface area contributed by atoms with Crippen LogP contribution in [0.5, 0.6) is 5.75 Å². The number of ether oxygens (including phenoxy) is 3. The molecule has 0 N–H and O–H groups in total. The Bertz CT molecular complexity index is 599. The van der Waals surface area contributed by atoms with Crippen molar-refractivity contribution in [2.75, 3.05) is 20.2 Å². The van der Waals surface area contributed by atoms with Crippen LogP contribution in [0, 0.1) is 0 Å². The number of nitrogens with zero attached hydrogens (tertiary/aromatic N) is 2. The van der Waals surface area contributed by atoms with E-state index in [1.807, 2.05) is 0 Å². The normalized spacial score (nSPS) is 20.6. The molecule has 1 aliphatic heterocycles. The second-order valence-electron chi connectivity index (χ2n) is 6.43. The van der Waals surface area contributed by atoms with E-state index in [1.54, 1.807) is 20.8 Å². The molecule has 0 saturated carbocycles. The van der Waals surface area contributed by atoms with Gasteiger partial charge in [0.15, 0.2) is 6.17 Å². The largest absolute Gasteiger partial charge is 0.484 e. The standard InChI is InChI=1S/C16H21FN2O5/c1-16(2,3)24-15(21)19-8-11(17)13(9-19)23-10-5-6-12(18-7-10)14(20)22-4/h5-7,11,13H,8-9H2,1-4H3/t11-,13+/m1/s1. The van der Waals surface area contributed by atoms with Crippen molar-refractivity contribution in [1.82, 2.24) is 9.88 Å². The molecule has 7 nitrogen and oxygen atoms in total. The van der Waals surface area contributed by atoms with Crippen LogP contribution in [0.15, 0.2) is 18.3 Å². The second kappa shape index (κ2) is 7.02. The van der Waals surface area contributed by atoms with Gasteiger partial charge in [-0.25, -0.2) is 19.0 Å². The number of pyridine rings is 1. The van der Waals surface area contributed by atoms with Gasteiger partial charge in [0.25, 0.3) is 0 Å². The van der Waals surface area contributed by atoms with Gasteiger partial charge in [-0.1, -0.05) is 0 Å². The van der Waals surface area contributed by atoms with Crippen molar-refractivity contribution in [1.29, 1.82) is 0 Å². The molecule has 1 aromatic heterocycles. The van der Waals surface area contributed by atoms with Gasteiger partial charge in [-0.2, -0.15) is 0 Å². The number of alkyl halides is 1. The second-order valence-corrected chi connectivity index (χ2v) is 6.43. The molecule has 1 aliphatic rings. The van der Waals surface area contributed by atoms with Crippen LogP contribution < -0.4 is 4.74 Å². The molecule has 0 bridgehead atoms. The predicted molar refractivity (Wildman–Crippen MR) is 82.7 cm³/mol. The zero-order valence-electron chi connectivity index (χ0n) is 14.1. The van der Waals surface area contributed by atoms with Gasteiger partial charge in [-0.3, -0.25) is 0 Å². The minimum atomic E-state index is -1.34. The monoisotopic (exact) mass is 340 g/mol. The minimum absolute atomic E-state index is 0.0782. The summed E-state index contributed by atoms with van der Waals surface area (Å²) in [7, 11) is 1.26. The summed E-state index contributed by atoms with van der Waals surface area (Å²) in [5.74, 6) is -0.261. The topological polar surface area (TPSA) is 78.0 Å². The summed E-state index contributed by atoms with van der Waals surface area (Å²) in [6.07, 6.45) is -1.41. The molecular weight excluding hydrogens is 319 g/mol. The number of halogens is 1. The average molecular weight is 340 g/mol. The molecule has 2 heterocycles. The van der Waals surface area contributed by atoms with Gasteiger partial charge < -0.3 is 19.1 Å². The molecule has 2 atom stereocenters. The summed E-state index contributed by atoms with van der Waals surface area (Å²) < 4.78 is 29.4. The summed E-state index contributed by atoms with van der Waals surface area (Å²) in [5.41, 5.74) is -0.515. The van der Waals surface area contributed by atoms with E-state index >= 15 is 0 Å². The fraction of sp³-hybridized carbons (Fsp3) is 0.562. The molecule has 132 valence electrons. The van der Waals surface area contributed by atoms with Crippen LogP contribution in [0.4, 0.5) is 9.18 Å². The molecule has 0 aliphatic carbocycles. The van der Waals surface area contributed by atoms with Crippen molar-refractivity contribution in [3.8, 4) is 5.75 Å². The molecule has 2 rings (SSSR count). The molecule has 8 heteroatoms. The predicted octanol–water partition coefficient (Wildman–Crippen LogP) is 2.20. The van der Waals surface area contributed by atoms with Crippen molar-refractivity contribution in [3.63, 3.8) is 0 Å². The molecule has 24 heavy (non-hydrogen) atoms. The van der Waals surface area contributed by atoms with Gasteiger partial charge in [-0.15, -0.1) is 0 Å². The zero-order chi connectivity index (χ0) is 17.9. The van der Waals surface area contributed by atoms with Gasteiger partial charge >= 0.3 is 12.1 Å². The van der Waals surface area contributed by atoms with Crippen molar-refractivity contribution in [2.45, 2.75) is 38.6 Å². The molecule has 1 aromatic rings. The maximum Gasteiger partial charge on any atom is 0.410 e. The summed E-state index contributed by atoms with van der Waals surface area (Å²) in [5, 5.41) is 0. The van der Waals surface area contributed by atoms with E-state index in [1.165, 1.54) is 30.3 Å². The van der Waals surface area contributed by atoms with Gasteiger partial charge in [-0.05, 0) is 32.9 Å². The minimum Gasteiger partial charge on any atom is -0.484 e. The first-order valence-electron chi connectivity index (χ1n) is 7.52. The first kappa shape index (κ1) is 18.0. The van der Waals surface area contributed by atoms with Crippen LogP contribution in [-0.4, -0.2) is 60.0 Å². The van der Waals surface area contributed by atoms with Crippen LogP contribution in [0.25, 0.3) is 0 Å². The molecule has 0 spiro atoms. The van der Waals surface area contributed by atoms with Gasteiger partial charge in [0, 0.05) is 0 Å². The smallest absolute Gasteiger partial charge is 0.410 e. The zero-order valence-corrected chi connectivity index (χ0v) is 14.1. The lowest BCUT2D eigenvalue weighted by molar-refractivity contribution is 0.0273. The highest BCUT2D eigenvalue weighted by Gasteiger charge is 2.39.